The summed E-state index contributed by atoms with van der Waals surface area (Å²) in [5, 5.41) is 1.08. The van der Waals surface area contributed by atoms with Crippen LogP contribution in [-0.4, -0.2) is 56.8 Å². The molecule has 2 aromatic heterocycles. The molecule has 1 unspecified atom stereocenters. The molecular formula is C28H34BN5O2. The first-order valence-corrected chi connectivity index (χ1v) is 12.9. The number of aromatic nitrogens is 3. The van der Waals surface area contributed by atoms with E-state index in [1.165, 1.54) is 0 Å². The number of carbonyl (C=O) groups excluding carboxylic acids is 1. The van der Waals surface area contributed by atoms with Gasteiger partial charge in [0.05, 0.1) is 5.52 Å². The van der Waals surface area contributed by atoms with Crippen LogP contribution < -0.4 is 5.69 Å². The molecule has 8 heteroatoms. The molecule has 0 spiro atoms. The molecule has 0 bridgehead atoms. The van der Waals surface area contributed by atoms with Crippen LogP contribution in [0.5, 0.6) is 0 Å². The van der Waals surface area contributed by atoms with Gasteiger partial charge in [0.2, 0.25) is 6.71 Å². The quantitative estimate of drug-likeness (QED) is 0.418. The van der Waals surface area contributed by atoms with Gasteiger partial charge in [-0.25, -0.2) is 4.79 Å². The summed E-state index contributed by atoms with van der Waals surface area (Å²) in [5.41, 5.74) is 4.52. The van der Waals surface area contributed by atoms with Crippen LogP contribution in [0.15, 0.2) is 64.7 Å². The number of aromatic amines is 1. The summed E-state index contributed by atoms with van der Waals surface area (Å²) in [7, 11) is 0. The first kappa shape index (κ1) is 24.3. The smallest absolute Gasteiger partial charge is 0.310 e. The Kier molecular flexibility index (Phi) is 6.71. The van der Waals surface area contributed by atoms with Gasteiger partial charge in [-0.3, -0.25) is 18.9 Å². The number of imidazole rings is 1. The lowest BCUT2D eigenvalue weighted by Crippen LogP contribution is -2.50. The van der Waals surface area contributed by atoms with Gasteiger partial charge in [0.15, 0.2) is 0 Å². The van der Waals surface area contributed by atoms with E-state index in [9.17, 15) is 9.59 Å². The van der Waals surface area contributed by atoms with Gasteiger partial charge < -0.3 is 9.88 Å². The maximum atomic E-state index is 13.5. The summed E-state index contributed by atoms with van der Waals surface area (Å²) in [6.07, 6.45) is 11.2. The van der Waals surface area contributed by atoms with Gasteiger partial charge in [0.25, 0.3) is 5.91 Å². The van der Waals surface area contributed by atoms with Gasteiger partial charge in [-0.1, -0.05) is 31.1 Å². The van der Waals surface area contributed by atoms with Crippen LogP contribution in [0.1, 0.15) is 47.1 Å². The molecule has 3 aromatic rings. The van der Waals surface area contributed by atoms with Crippen molar-refractivity contribution in [2.45, 2.75) is 58.3 Å². The molecule has 2 aliphatic heterocycles. The second-order valence-corrected chi connectivity index (χ2v) is 10.2. The standard InChI is InChI=1S/C28H34BN5O2/c1-5-6-10-24-20(3)31-28(36)34(24)21-12-14-32(15-13-21)26-16-23(30-18-29(26)4)27(35)33-17-19(2)22-9-7-8-11-25(22)33/h5,7-9,11,16-18,21,26H,1,6,10,12-15H2,2-4H3,(H,31,36). The zero-order chi connectivity index (χ0) is 25.4. The fourth-order valence-electron chi connectivity index (χ4n) is 5.82. The van der Waals surface area contributed by atoms with Gasteiger partial charge in [0.1, 0.15) is 5.70 Å². The molecule has 1 saturated heterocycles. The highest BCUT2D eigenvalue weighted by molar-refractivity contribution is 6.86. The second-order valence-electron chi connectivity index (χ2n) is 10.2. The Morgan fingerprint density at radius 1 is 1.25 bits per heavy atom. The largest absolute Gasteiger partial charge is 0.326 e. The van der Waals surface area contributed by atoms with E-state index in [4.69, 9.17) is 0 Å². The SMILES string of the molecule is C=CCCc1c(C)[nH]c(=O)n1C1CCN(C2C=C(C(=O)n3cc(C)c4ccccc43)N=CB2C)CC1. The van der Waals surface area contributed by atoms with Crippen molar-refractivity contribution >= 4 is 29.6 Å². The van der Waals surface area contributed by atoms with Crippen molar-refractivity contribution in [2.24, 2.45) is 4.99 Å². The third-order valence-electron chi connectivity index (χ3n) is 7.77. The van der Waals surface area contributed by atoms with Gasteiger partial charge in [-0.05, 0) is 76.4 Å². The molecule has 0 radical (unpaired) electrons. The van der Waals surface area contributed by atoms with Crippen molar-refractivity contribution in [1.29, 1.82) is 0 Å². The van der Waals surface area contributed by atoms with Gasteiger partial charge in [0, 0.05) is 35.0 Å². The third kappa shape index (κ3) is 4.34. The predicted molar refractivity (Wildman–Crippen MR) is 147 cm³/mol. The predicted octanol–water partition coefficient (Wildman–Crippen LogP) is 4.38. The van der Waals surface area contributed by atoms with Crippen molar-refractivity contribution < 1.29 is 4.79 Å². The molecule has 0 saturated carbocycles. The highest BCUT2D eigenvalue weighted by atomic mass is 16.2. The minimum atomic E-state index is -0.0939. The van der Waals surface area contributed by atoms with E-state index in [0.29, 0.717) is 5.70 Å². The minimum absolute atomic E-state index is 0.00907. The van der Waals surface area contributed by atoms with Gasteiger partial charge in [-0.2, -0.15) is 0 Å². The summed E-state index contributed by atoms with van der Waals surface area (Å²) < 4.78 is 3.70. The zero-order valence-electron chi connectivity index (χ0n) is 21.4. The van der Waals surface area contributed by atoms with Crippen LogP contribution in [-0.2, 0) is 6.42 Å². The van der Waals surface area contributed by atoms with E-state index in [1.54, 1.807) is 4.57 Å². The van der Waals surface area contributed by atoms with Crippen LogP contribution in [0.25, 0.3) is 10.9 Å². The van der Waals surface area contributed by atoms with Crippen molar-refractivity contribution in [3.05, 3.63) is 82.3 Å². The van der Waals surface area contributed by atoms with E-state index in [0.717, 1.165) is 66.6 Å². The maximum absolute atomic E-state index is 13.5. The number of aryl methyl sites for hydroxylation is 2. The van der Waals surface area contributed by atoms with Gasteiger partial charge >= 0.3 is 5.69 Å². The lowest BCUT2D eigenvalue weighted by atomic mass is 9.46. The average Bonchev–Trinajstić information content (AvgIpc) is 3.37. The van der Waals surface area contributed by atoms with Crippen molar-refractivity contribution in [3.63, 3.8) is 0 Å². The Bertz CT molecular complexity index is 1420. The number of piperidine rings is 1. The fraction of sp³-hybridized carbons (Fsp3) is 0.393. The van der Waals surface area contributed by atoms with E-state index < -0.39 is 0 Å². The van der Waals surface area contributed by atoms with Crippen molar-refractivity contribution in [3.8, 4) is 0 Å². The fourth-order valence-corrected chi connectivity index (χ4v) is 5.82. The van der Waals surface area contributed by atoms with Crippen molar-refractivity contribution in [2.75, 3.05) is 13.1 Å². The zero-order valence-corrected chi connectivity index (χ0v) is 21.4. The van der Waals surface area contributed by atoms with Crippen LogP contribution in [0.3, 0.4) is 0 Å². The summed E-state index contributed by atoms with van der Waals surface area (Å²) in [6, 6.07) is 8.16. The number of allylic oxidation sites excluding steroid dienone is 2. The number of aliphatic imine (C=N–C) groups is 1. The molecule has 186 valence electrons. The number of carbonyl (C=O) groups is 1. The number of nitrogens with one attached hydrogen (secondary N) is 1. The van der Waals surface area contributed by atoms with E-state index in [1.807, 2.05) is 67.1 Å². The average molecular weight is 483 g/mol. The highest BCUT2D eigenvalue weighted by Crippen LogP contribution is 2.28. The number of fused-ring (bicyclic) bond motifs is 1. The number of hydrogen-bond acceptors (Lipinski definition) is 4. The number of hydrogen-bond donors (Lipinski definition) is 1. The number of H-pyrrole nitrogens is 1. The van der Waals surface area contributed by atoms with Crippen LogP contribution in [0, 0.1) is 13.8 Å². The Morgan fingerprint density at radius 3 is 2.75 bits per heavy atom. The Balaban J connectivity index is 1.34. The van der Waals surface area contributed by atoms with Crippen LogP contribution >= 0.6 is 0 Å². The molecular weight excluding hydrogens is 449 g/mol. The highest BCUT2D eigenvalue weighted by Gasteiger charge is 2.33. The van der Waals surface area contributed by atoms with Gasteiger partial charge in [-0.15, -0.1) is 6.58 Å². The first-order valence-electron chi connectivity index (χ1n) is 12.9. The topological polar surface area (TPSA) is 75.4 Å². The summed E-state index contributed by atoms with van der Waals surface area (Å²) in [4.78, 5) is 36.2. The third-order valence-corrected chi connectivity index (χ3v) is 7.77. The number of para-hydroxylation sites is 1. The van der Waals surface area contributed by atoms with E-state index in [-0.39, 0.29) is 30.3 Å². The first-order chi connectivity index (χ1) is 17.4. The Hall–Kier alpha value is -3.39. The Labute approximate surface area is 212 Å². The molecule has 1 atom stereocenters. The van der Waals surface area contributed by atoms with Crippen LogP contribution in [0.4, 0.5) is 0 Å². The molecule has 0 amide bonds. The molecule has 4 heterocycles. The second kappa shape index (κ2) is 9.93. The number of likely N-dealkylation sites (tertiary alicyclic amines) is 1. The lowest BCUT2D eigenvalue weighted by Gasteiger charge is -2.39. The number of benzene rings is 1. The summed E-state index contributed by atoms with van der Waals surface area (Å²) in [5.74, 6) is 0.0128. The molecule has 0 aliphatic carbocycles. The Morgan fingerprint density at radius 2 is 2.00 bits per heavy atom. The molecule has 1 aromatic carbocycles. The van der Waals surface area contributed by atoms with Crippen molar-refractivity contribution in [1.82, 2.24) is 19.0 Å². The molecule has 36 heavy (non-hydrogen) atoms. The molecule has 1 fully saturated rings. The van der Waals surface area contributed by atoms with E-state index >= 15 is 0 Å². The summed E-state index contributed by atoms with van der Waals surface area (Å²) in [6.45, 7) is 11.9. The summed E-state index contributed by atoms with van der Waals surface area (Å²) >= 11 is 0. The molecule has 5 rings (SSSR count). The normalized spacial score (nSPS) is 19.1. The van der Waals surface area contributed by atoms with E-state index in [2.05, 4.69) is 28.3 Å². The molecule has 2 aliphatic rings. The number of nitrogens with zero attached hydrogens (tertiary/aromatic N) is 4. The lowest BCUT2D eigenvalue weighted by molar-refractivity contribution is 0.0956. The minimum Gasteiger partial charge on any atom is -0.310 e. The monoisotopic (exact) mass is 483 g/mol. The molecule has 1 N–H and O–H groups in total. The maximum Gasteiger partial charge on any atom is 0.326 e. The van der Waals surface area contributed by atoms with Crippen LogP contribution in [0.2, 0.25) is 6.82 Å². The molecule has 7 nitrogen and oxygen atoms in total. The number of rotatable bonds is 6.